The molecule has 2 fully saturated rings. The Balaban J connectivity index is 1.40. The number of ether oxygens (including phenoxy) is 1. The Morgan fingerprint density at radius 2 is 2.27 bits per heavy atom. The third kappa shape index (κ3) is 3.54. The number of alkyl halides is 2. The number of halogens is 2. The number of nitrogens with zero attached hydrogens (tertiary/aromatic N) is 4. The van der Waals surface area contributed by atoms with Crippen LogP contribution < -0.4 is 5.32 Å². The van der Waals surface area contributed by atoms with E-state index in [0.29, 0.717) is 25.3 Å². The number of hydrogen-bond donors (Lipinski definition) is 1. The molecule has 0 aromatic carbocycles. The molecule has 26 heavy (non-hydrogen) atoms. The number of aromatic nitrogens is 3. The van der Waals surface area contributed by atoms with Crippen LogP contribution in [0.3, 0.4) is 0 Å². The zero-order valence-corrected chi connectivity index (χ0v) is 14.7. The maximum Gasteiger partial charge on any atom is 0.260 e. The molecule has 3 aliphatic heterocycles. The van der Waals surface area contributed by atoms with Gasteiger partial charge in [-0.15, -0.1) is 0 Å². The minimum atomic E-state index is -2.49. The molecule has 0 aliphatic carbocycles. The van der Waals surface area contributed by atoms with Crippen molar-refractivity contribution in [2.24, 2.45) is 5.92 Å². The molecule has 0 radical (unpaired) electrons. The van der Waals surface area contributed by atoms with Crippen LogP contribution in [0, 0.1) is 5.92 Å². The molecule has 1 amide bonds. The average Bonchev–Trinajstić information content (AvgIpc) is 3.32. The molecule has 4 atom stereocenters. The smallest absolute Gasteiger partial charge is 0.260 e. The highest BCUT2D eigenvalue weighted by atomic mass is 19.3. The summed E-state index contributed by atoms with van der Waals surface area (Å²) < 4.78 is 33.8. The van der Waals surface area contributed by atoms with Crippen molar-refractivity contribution in [3.05, 3.63) is 6.33 Å². The van der Waals surface area contributed by atoms with E-state index in [4.69, 9.17) is 4.74 Å². The SMILES string of the molecule is O=C(C[C@@H]1CCCO1)N1CCC[C@@H]([C@@H]2C[C@H](C(F)F)n3ncnc3N2)C1. The number of hydrogen-bond acceptors (Lipinski definition) is 5. The molecule has 0 unspecified atom stereocenters. The molecule has 1 aromatic heterocycles. The van der Waals surface area contributed by atoms with Gasteiger partial charge in [-0.2, -0.15) is 10.1 Å². The van der Waals surface area contributed by atoms with Gasteiger partial charge in [0.25, 0.3) is 6.43 Å². The second-order valence-electron chi connectivity index (χ2n) is 7.50. The van der Waals surface area contributed by atoms with Crippen LogP contribution in [0.4, 0.5) is 14.7 Å². The van der Waals surface area contributed by atoms with Crippen molar-refractivity contribution < 1.29 is 18.3 Å². The van der Waals surface area contributed by atoms with Crippen LogP contribution in [-0.2, 0) is 9.53 Å². The van der Waals surface area contributed by atoms with Gasteiger partial charge < -0.3 is 15.0 Å². The highest BCUT2D eigenvalue weighted by Gasteiger charge is 2.39. The van der Waals surface area contributed by atoms with Gasteiger partial charge >= 0.3 is 0 Å². The molecule has 3 aliphatic rings. The van der Waals surface area contributed by atoms with Gasteiger partial charge in [0.05, 0.1) is 12.5 Å². The second kappa shape index (κ2) is 7.46. The van der Waals surface area contributed by atoms with Crippen molar-refractivity contribution in [1.29, 1.82) is 0 Å². The Labute approximate surface area is 151 Å². The Hall–Kier alpha value is -1.77. The van der Waals surface area contributed by atoms with Crippen LogP contribution in [0.25, 0.3) is 0 Å². The summed E-state index contributed by atoms with van der Waals surface area (Å²) in [5.74, 6) is 0.657. The summed E-state index contributed by atoms with van der Waals surface area (Å²) in [4.78, 5) is 18.5. The molecule has 2 saturated heterocycles. The first kappa shape index (κ1) is 17.6. The van der Waals surface area contributed by atoms with Gasteiger partial charge in [0.2, 0.25) is 11.9 Å². The molecule has 4 rings (SSSR count). The van der Waals surface area contributed by atoms with E-state index < -0.39 is 12.5 Å². The van der Waals surface area contributed by atoms with E-state index in [9.17, 15) is 13.6 Å². The third-order valence-electron chi connectivity index (χ3n) is 5.79. The van der Waals surface area contributed by atoms with Crippen molar-refractivity contribution in [3.8, 4) is 0 Å². The third-order valence-corrected chi connectivity index (χ3v) is 5.79. The highest BCUT2D eigenvalue weighted by Crippen LogP contribution is 2.35. The molecule has 9 heteroatoms. The topological polar surface area (TPSA) is 72.3 Å². The van der Waals surface area contributed by atoms with Crippen LogP contribution in [0.15, 0.2) is 6.33 Å². The fraction of sp³-hybridized carbons (Fsp3) is 0.824. The molecule has 1 N–H and O–H groups in total. The predicted molar refractivity (Wildman–Crippen MR) is 90.0 cm³/mol. The number of carbonyl (C=O) groups excluding carboxylic acids is 1. The molecule has 0 bridgehead atoms. The van der Waals surface area contributed by atoms with Crippen LogP contribution in [0.1, 0.15) is 44.6 Å². The summed E-state index contributed by atoms with van der Waals surface area (Å²) in [6.07, 6.45) is 3.36. The number of piperidine rings is 1. The van der Waals surface area contributed by atoms with Crippen LogP contribution >= 0.6 is 0 Å². The normalized spacial score (nSPS) is 31.7. The second-order valence-corrected chi connectivity index (χ2v) is 7.50. The molecule has 4 heterocycles. The van der Waals surface area contributed by atoms with Crippen LogP contribution in [0.5, 0.6) is 0 Å². The minimum absolute atomic E-state index is 0.0393. The summed E-state index contributed by atoms with van der Waals surface area (Å²) in [6.45, 7) is 2.08. The summed E-state index contributed by atoms with van der Waals surface area (Å²) in [5.41, 5.74) is 0. The molecule has 1 aromatic rings. The lowest BCUT2D eigenvalue weighted by Gasteiger charge is -2.40. The number of anilines is 1. The minimum Gasteiger partial charge on any atom is -0.378 e. The standard InChI is InChI=1S/C17H25F2N5O2/c18-16(19)14-8-13(22-17-20-10-21-24(14)17)11-3-1-5-23(9-11)15(25)7-12-4-2-6-26-12/h10-14,16H,1-9H2,(H,20,21,22)/t11-,12+,13+,14-/m1/s1. The Bertz CT molecular complexity index is 634. The van der Waals surface area contributed by atoms with E-state index in [1.807, 2.05) is 4.90 Å². The van der Waals surface area contributed by atoms with Gasteiger partial charge in [-0.3, -0.25) is 4.79 Å². The van der Waals surface area contributed by atoms with Crippen LogP contribution in [0.2, 0.25) is 0 Å². The fourth-order valence-corrected chi connectivity index (χ4v) is 4.39. The predicted octanol–water partition coefficient (Wildman–Crippen LogP) is 2.08. The maximum absolute atomic E-state index is 13.5. The number of fused-ring (bicyclic) bond motifs is 1. The highest BCUT2D eigenvalue weighted by molar-refractivity contribution is 5.76. The summed E-state index contributed by atoms with van der Waals surface area (Å²) >= 11 is 0. The molecular weight excluding hydrogens is 344 g/mol. The van der Waals surface area contributed by atoms with E-state index in [1.54, 1.807) is 0 Å². The number of amides is 1. The van der Waals surface area contributed by atoms with Crippen LogP contribution in [-0.4, -0.2) is 63.8 Å². The van der Waals surface area contributed by atoms with E-state index in [-0.39, 0.29) is 24.0 Å². The molecular formula is C17H25F2N5O2. The van der Waals surface area contributed by atoms with E-state index in [0.717, 1.165) is 38.8 Å². The van der Waals surface area contributed by atoms with Crippen molar-refractivity contribution in [3.63, 3.8) is 0 Å². The van der Waals surface area contributed by atoms with Gasteiger partial charge in [0, 0.05) is 25.7 Å². The summed E-state index contributed by atoms with van der Waals surface area (Å²) in [5, 5.41) is 7.18. The number of rotatable bonds is 4. The van der Waals surface area contributed by atoms with E-state index >= 15 is 0 Å². The summed E-state index contributed by atoms with van der Waals surface area (Å²) in [6, 6.07) is -1.08. The Morgan fingerprint density at radius 1 is 1.38 bits per heavy atom. The zero-order chi connectivity index (χ0) is 18.1. The van der Waals surface area contributed by atoms with Crippen molar-refractivity contribution in [1.82, 2.24) is 19.7 Å². The zero-order valence-electron chi connectivity index (χ0n) is 14.7. The van der Waals surface area contributed by atoms with E-state index in [2.05, 4.69) is 15.4 Å². The Morgan fingerprint density at radius 3 is 3.04 bits per heavy atom. The van der Waals surface area contributed by atoms with E-state index in [1.165, 1.54) is 11.0 Å². The molecule has 7 nitrogen and oxygen atoms in total. The number of likely N-dealkylation sites (tertiary alicyclic amines) is 1. The quantitative estimate of drug-likeness (QED) is 0.880. The lowest BCUT2D eigenvalue weighted by molar-refractivity contribution is -0.135. The first-order valence-electron chi connectivity index (χ1n) is 9.45. The Kier molecular flexibility index (Phi) is 5.06. The summed E-state index contributed by atoms with van der Waals surface area (Å²) in [7, 11) is 0. The lowest BCUT2D eigenvalue weighted by Crippen LogP contribution is -2.48. The van der Waals surface area contributed by atoms with Gasteiger partial charge in [-0.05, 0) is 38.0 Å². The van der Waals surface area contributed by atoms with Gasteiger partial charge in [0.15, 0.2) is 0 Å². The van der Waals surface area contributed by atoms with Crippen molar-refractivity contribution >= 4 is 11.9 Å². The first-order valence-corrected chi connectivity index (χ1v) is 9.45. The van der Waals surface area contributed by atoms with Gasteiger partial charge in [-0.25, -0.2) is 13.5 Å². The van der Waals surface area contributed by atoms with Gasteiger partial charge in [0.1, 0.15) is 12.4 Å². The maximum atomic E-state index is 13.5. The lowest BCUT2D eigenvalue weighted by atomic mass is 9.86. The largest absolute Gasteiger partial charge is 0.378 e. The molecule has 0 spiro atoms. The molecule has 144 valence electrons. The molecule has 0 saturated carbocycles. The monoisotopic (exact) mass is 369 g/mol. The average molecular weight is 369 g/mol. The number of carbonyl (C=O) groups is 1. The van der Waals surface area contributed by atoms with Crippen molar-refractivity contribution in [2.75, 3.05) is 25.0 Å². The number of nitrogens with one attached hydrogen (secondary N) is 1. The van der Waals surface area contributed by atoms with Gasteiger partial charge in [-0.1, -0.05) is 0 Å². The van der Waals surface area contributed by atoms with Crippen molar-refractivity contribution in [2.45, 2.75) is 63.1 Å². The fourth-order valence-electron chi connectivity index (χ4n) is 4.39. The first-order chi connectivity index (χ1) is 12.6.